The van der Waals surface area contributed by atoms with Crippen molar-refractivity contribution in [3.8, 4) is 0 Å². The molecular formula is C35H70N4O10. The summed E-state index contributed by atoms with van der Waals surface area (Å²) in [5.41, 5.74) is 4.47. The van der Waals surface area contributed by atoms with Gasteiger partial charge in [-0.05, 0) is 80.3 Å². The van der Waals surface area contributed by atoms with Crippen LogP contribution in [0.25, 0.3) is 0 Å². The summed E-state index contributed by atoms with van der Waals surface area (Å²) in [4.78, 5) is 57.3. The van der Waals surface area contributed by atoms with Crippen LogP contribution in [0.15, 0.2) is 12.7 Å². The van der Waals surface area contributed by atoms with Gasteiger partial charge >= 0.3 is 30.1 Å². The number of rotatable bonds is 20. The maximum absolute atomic E-state index is 11.5. The number of methoxy groups -OCH3 is 3. The molecule has 0 saturated carbocycles. The lowest BCUT2D eigenvalue weighted by Gasteiger charge is -2.21. The fraction of sp³-hybridized carbons (Fsp3) is 0.800. The molecule has 0 bridgehead atoms. The summed E-state index contributed by atoms with van der Waals surface area (Å²) in [7, 11) is 4.04. The van der Waals surface area contributed by atoms with Crippen molar-refractivity contribution in [2.24, 2.45) is 5.73 Å². The molecule has 0 atom stereocenters. The van der Waals surface area contributed by atoms with Gasteiger partial charge < -0.3 is 45.0 Å². The predicted molar refractivity (Wildman–Crippen MR) is 193 cm³/mol. The number of nitrogens with two attached hydrogens (primary N) is 1. The molecule has 0 aromatic rings. The first-order valence-electron chi connectivity index (χ1n) is 16.6. The second kappa shape index (κ2) is 33.1. The molecule has 0 aliphatic carbocycles. The number of carbonyl (C=O) groups excluding carboxylic acids is 5. The maximum Gasteiger partial charge on any atom is 0.407 e. The van der Waals surface area contributed by atoms with Gasteiger partial charge in [-0.15, -0.1) is 0 Å². The van der Waals surface area contributed by atoms with Gasteiger partial charge in [-0.1, -0.05) is 39.7 Å². The first-order valence-corrected chi connectivity index (χ1v) is 16.6. The Morgan fingerprint density at radius 2 is 1.02 bits per heavy atom. The van der Waals surface area contributed by atoms with Gasteiger partial charge in [0, 0.05) is 32.3 Å². The molecule has 0 rings (SSSR count). The van der Waals surface area contributed by atoms with E-state index in [1.54, 1.807) is 0 Å². The average molecular weight is 707 g/mol. The summed E-state index contributed by atoms with van der Waals surface area (Å²) >= 11 is 0. The van der Waals surface area contributed by atoms with Crippen molar-refractivity contribution in [2.75, 3.05) is 60.6 Å². The molecule has 0 aliphatic heterocycles. The fourth-order valence-corrected chi connectivity index (χ4v) is 3.57. The maximum atomic E-state index is 11.5. The summed E-state index contributed by atoms with van der Waals surface area (Å²) in [6.07, 6.45) is 9.10. The highest BCUT2D eigenvalue weighted by atomic mass is 16.6. The Bertz CT molecular complexity index is 867. The molecule has 0 saturated heterocycles. The lowest BCUT2D eigenvalue weighted by Crippen LogP contribution is -2.33. The third kappa shape index (κ3) is 44.6. The van der Waals surface area contributed by atoms with Crippen LogP contribution < -0.4 is 16.4 Å². The van der Waals surface area contributed by atoms with Crippen molar-refractivity contribution in [2.45, 2.75) is 124 Å². The molecule has 0 heterocycles. The van der Waals surface area contributed by atoms with E-state index < -0.39 is 17.2 Å². The molecule has 0 fully saturated rings. The minimum Gasteiger partial charge on any atom is -0.469 e. The Hall–Kier alpha value is -3.39. The van der Waals surface area contributed by atoms with Gasteiger partial charge in [-0.3, -0.25) is 9.59 Å². The molecule has 0 unspecified atom stereocenters. The van der Waals surface area contributed by atoms with E-state index in [4.69, 9.17) is 15.2 Å². The highest BCUT2D eigenvalue weighted by Crippen LogP contribution is 2.08. The summed E-state index contributed by atoms with van der Waals surface area (Å²) in [6.45, 7) is 18.2. The van der Waals surface area contributed by atoms with Gasteiger partial charge in [-0.25, -0.2) is 14.4 Å². The van der Waals surface area contributed by atoms with Gasteiger partial charge in [-0.2, -0.15) is 0 Å². The van der Waals surface area contributed by atoms with E-state index in [1.807, 2.05) is 41.5 Å². The van der Waals surface area contributed by atoms with Crippen LogP contribution in [0.3, 0.4) is 0 Å². The van der Waals surface area contributed by atoms with Crippen LogP contribution in [0, 0.1) is 0 Å². The van der Waals surface area contributed by atoms with Crippen molar-refractivity contribution >= 4 is 30.1 Å². The number of unbranched alkanes of at least 4 members (excludes halogenated alkanes) is 6. The number of nitrogens with one attached hydrogen (secondary N) is 2. The monoisotopic (exact) mass is 707 g/mol. The first kappa shape index (κ1) is 52.4. The summed E-state index contributed by atoms with van der Waals surface area (Å²) in [5.74, 6) is -0.910. The van der Waals surface area contributed by atoms with E-state index in [9.17, 15) is 24.0 Å². The molecule has 290 valence electrons. The van der Waals surface area contributed by atoms with E-state index in [0.29, 0.717) is 39.0 Å². The Balaban J connectivity index is -0.000000385. The topological polar surface area (TPSA) is 185 Å². The molecule has 2 amide bonds. The van der Waals surface area contributed by atoms with Crippen molar-refractivity contribution in [3.05, 3.63) is 12.7 Å². The summed E-state index contributed by atoms with van der Waals surface area (Å²) < 4.78 is 23.7. The SMILES string of the molecule is C.C=CC(=O)OC.CC(C)(C)OC(=O)NCCCCCCN.COC(=O)CCN(CCCCCCNC(=O)OC(C)(C)C)CCC(=O)OC. The number of nitrogens with zero attached hydrogens (tertiary/aromatic N) is 1. The number of hydrogen-bond acceptors (Lipinski definition) is 12. The van der Waals surface area contributed by atoms with Crippen LogP contribution in [0.4, 0.5) is 9.59 Å². The molecule has 0 radical (unpaired) electrons. The minimum absolute atomic E-state index is 0. The van der Waals surface area contributed by atoms with E-state index in [-0.39, 0.29) is 31.6 Å². The molecular weight excluding hydrogens is 636 g/mol. The van der Waals surface area contributed by atoms with Gasteiger partial charge in [0.1, 0.15) is 11.2 Å². The van der Waals surface area contributed by atoms with Gasteiger partial charge in [0.2, 0.25) is 0 Å². The van der Waals surface area contributed by atoms with Crippen molar-refractivity contribution in [1.29, 1.82) is 0 Å². The number of carbonyl (C=O) groups is 5. The smallest absolute Gasteiger partial charge is 0.407 e. The number of alkyl carbamates (subject to hydrolysis) is 2. The largest absolute Gasteiger partial charge is 0.469 e. The number of esters is 3. The van der Waals surface area contributed by atoms with Crippen LogP contribution in [-0.4, -0.2) is 107 Å². The van der Waals surface area contributed by atoms with Crippen LogP contribution in [0.5, 0.6) is 0 Å². The fourth-order valence-electron chi connectivity index (χ4n) is 3.57. The van der Waals surface area contributed by atoms with Crippen molar-refractivity contribution in [3.63, 3.8) is 0 Å². The Kier molecular flexibility index (Phi) is 35.4. The third-order valence-corrected chi connectivity index (χ3v) is 5.96. The molecule has 0 aromatic heterocycles. The molecule has 0 aromatic carbocycles. The van der Waals surface area contributed by atoms with E-state index in [1.165, 1.54) is 21.3 Å². The van der Waals surface area contributed by atoms with E-state index in [2.05, 4.69) is 36.3 Å². The Labute approximate surface area is 296 Å². The molecule has 0 aliphatic rings. The zero-order valence-electron chi connectivity index (χ0n) is 31.2. The van der Waals surface area contributed by atoms with Crippen LogP contribution >= 0.6 is 0 Å². The third-order valence-electron chi connectivity index (χ3n) is 5.96. The van der Waals surface area contributed by atoms with Gasteiger partial charge in [0.15, 0.2) is 0 Å². The number of ether oxygens (including phenoxy) is 5. The van der Waals surface area contributed by atoms with Crippen LogP contribution in [0.2, 0.25) is 0 Å². The zero-order chi connectivity index (χ0) is 37.4. The Morgan fingerprint density at radius 1 is 0.633 bits per heavy atom. The summed E-state index contributed by atoms with van der Waals surface area (Å²) in [6, 6.07) is 0. The first-order chi connectivity index (χ1) is 22.4. The molecule has 0 spiro atoms. The lowest BCUT2D eigenvalue weighted by atomic mass is 10.2. The predicted octanol–water partition coefficient (Wildman–Crippen LogP) is 5.51. The minimum atomic E-state index is -0.484. The quantitative estimate of drug-likeness (QED) is 0.0625. The normalized spacial score (nSPS) is 10.4. The van der Waals surface area contributed by atoms with Crippen LogP contribution in [-0.2, 0) is 38.1 Å². The molecule has 14 nitrogen and oxygen atoms in total. The zero-order valence-corrected chi connectivity index (χ0v) is 31.2. The highest BCUT2D eigenvalue weighted by Gasteiger charge is 2.16. The average Bonchev–Trinajstić information content (AvgIpc) is 3.01. The standard InChI is InChI=1S/C19H36N2O6.C11H24N2O2.C4H6O2.CH4/c1-19(2,3)27-18(24)20-12-8-6-7-9-13-21(14-10-16(22)25-4)15-11-17(23)26-5;1-11(2,3)15-10(14)13-9-7-5-4-6-8-12;1-3-4(5)6-2;/h6-15H2,1-5H3,(H,20,24);4-9,12H2,1-3H3,(H,13,14);3H,1H2,2H3;1H4. The molecule has 49 heavy (non-hydrogen) atoms. The van der Waals surface area contributed by atoms with Gasteiger partial charge in [0.25, 0.3) is 0 Å². The van der Waals surface area contributed by atoms with Crippen molar-refractivity contribution < 1.29 is 47.7 Å². The molecule has 4 N–H and O–H groups in total. The lowest BCUT2D eigenvalue weighted by molar-refractivity contribution is -0.141. The number of amides is 2. The van der Waals surface area contributed by atoms with Gasteiger partial charge in [0.05, 0.1) is 34.2 Å². The second-order valence-electron chi connectivity index (χ2n) is 12.7. The second-order valence-corrected chi connectivity index (χ2v) is 12.7. The number of hydrogen-bond donors (Lipinski definition) is 3. The van der Waals surface area contributed by atoms with E-state index >= 15 is 0 Å². The Morgan fingerprint density at radius 3 is 1.33 bits per heavy atom. The van der Waals surface area contributed by atoms with E-state index in [0.717, 1.165) is 70.5 Å². The summed E-state index contributed by atoms with van der Waals surface area (Å²) in [5, 5.41) is 5.47. The molecule has 14 heteroatoms. The van der Waals surface area contributed by atoms with Crippen molar-refractivity contribution in [1.82, 2.24) is 15.5 Å². The highest BCUT2D eigenvalue weighted by molar-refractivity contribution is 5.80. The van der Waals surface area contributed by atoms with Crippen LogP contribution in [0.1, 0.15) is 113 Å².